The Hall–Kier alpha value is -1.16. The molecule has 1 aromatic rings. The highest BCUT2D eigenvalue weighted by molar-refractivity contribution is 7.99. The average molecular weight is 238 g/mol. The molecule has 88 valence electrons. The van der Waals surface area contributed by atoms with E-state index in [-0.39, 0.29) is 0 Å². The van der Waals surface area contributed by atoms with Gasteiger partial charge >= 0.3 is 0 Å². The zero-order valence-electron chi connectivity index (χ0n) is 9.53. The topological polar surface area (TPSA) is 69.1 Å². The van der Waals surface area contributed by atoms with Gasteiger partial charge < -0.3 is 11.5 Å². The summed E-state index contributed by atoms with van der Waals surface area (Å²) in [6, 6.07) is 5.22. The molecule has 0 aromatic heterocycles. The lowest BCUT2D eigenvalue weighted by Crippen LogP contribution is -2.12. The van der Waals surface area contributed by atoms with Crippen LogP contribution < -0.4 is 11.5 Å². The molecule has 16 heavy (non-hydrogen) atoms. The lowest BCUT2D eigenvalue weighted by molar-refractivity contribution is 0.0997. The number of carbonyl (C=O) groups is 1. The second kappa shape index (κ2) is 6.43. The Balaban J connectivity index is 2.68. The maximum Gasteiger partial charge on any atom is 0.249 e. The standard InChI is InChI=1S/C12H18N2OS/c1-2-3-4-7-16-11-8-9(13)5-6-10(11)12(14)15/h5-6,8H,2-4,7,13H2,1H3,(H2,14,15). The van der Waals surface area contributed by atoms with Crippen LogP contribution in [0.4, 0.5) is 5.69 Å². The Morgan fingerprint density at radius 1 is 1.38 bits per heavy atom. The molecule has 0 saturated heterocycles. The van der Waals surface area contributed by atoms with Crippen molar-refractivity contribution < 1.29 is 4.79 Å². The fourth-order valence-corrected chi connectivity index (χ4v) is 2.51. The van der Waals surface area contributed by atoms with Crippen molar-refractivity contribution in [1.29, 1.82) is 0 Å². The van der Waals surface area contributed by atoms with Gasteiger partial charge in [-0.05, 0) is 30.4 Å². The van der Waals surface area contributed by atoms with Crippen molar-refractivity contribution in [3.63, 3.8) is 0 Å². The predicted molar refractivity (Wildman–Crippen MR) is 69.6 cm³/mol. The molecule has 0 unspecified atom stereocenters. The number of rotatable bonds is 6. The summed E-state index contributed by atoms with van der Waals surface area (Å²) in [4.78, 5) is 12.1. The van der Waals surface area contributed by atoms with Gasteiger partial charge in [-0.3, -0.25) is 4.79 Å². The third-order valence-corrected chi connectivity index (χ3v) is 3.42. The van der Waals surface area contributed by atoms with Crippen molar-refractivity contribution in [3.05, 3.63) is 23.8 Å². The van der Waals surface area contributed by atoms with Crippen molar-refractivity contribution in [2.75, 3.05) is 11.5 Å². The van der Waals surface area contributed by atoms with Gasteiger partial charge in [0, 0.05) is 10.6 Å². The number of amides is 1. The van der Waals surface area contributed by atoms with Gasteiger partial charge in [-0.15, -0.1) is 11.8 Å². The minimum Gasteiger partial charge on any atom is -0.399 e. The molecule has 0 fully saturated rings. The number of unbranched alkanes of at least 4 members (excludes halogenated alkanes) is 2. The zero-order chi connectivity index (χ0) is 12.0. The highest BCUT2D eigenvalue weighted by atomic mass is 32.2. The van der Waals surface area contributed by atoms with Gasteiger partial charge in [0.15, 0.2) is 0 Å². The van der Waals surface area contributed by atoms with Gasteiger partial charge in [-0.25, -0.2) is 0 Å². The summed E-state index contributed by atoms with van der Waals surface area (Å²) < 4.78 is 0. The number of hydrogen-bond acceptors (Lipinski definition) is 3. The van der Waals surface area contributed by atoms with Crippen LogP contribution >= 0.6 is 11.8 Å². The molecule has 3 nitrogen and oxygen atoms in total. The Labute approximate surface area is 101 Å². The molecule has 1 amide bonds. The molecule has 0 aliphatic heterocycles. The van der Waals surface area contributed by atoms with Crippen LogP contribution in [0, 0.1) is 0 Å². The zero-order valence-corrected chi connectivity index (χ0v) is 10.3. The van der Waals surface area contributed by atoms with Crippen LogP contribution in [-0.4, -0.2) is 11.7 Å². The first-order valence-corrected chi connectivity index (χ1v) is 6.46. The van der Waals surface area contributed by atoms with E-state index in [1.54, 1.807) is 23.9 Å². The van der Waals surface area contributed by atoms with Crippen molar-refractivity contribution >= 4 is 23.4 Å². The summed E-state index contributed by atoms with van der Waals surface area (Å²) in [5.41, 5.74) is 12.2. The minimum atomic E-state index is -0.391. The molecule has 0 aliphatic carbocycles. The molecule has 4 heteroatoms. The van der Waals surface area contributed by atoms with E-state index in [0.717, 1.165) is 17.1 Å². The van der Waals surface area contributed by atoms with Gasteiger partial charge in [-0.2, -0.15) is 0 Å². The third-order valence-electron chi connectivity index (χ3n) is 2.28. The molecule has 0 spiro atoms. The van der Waals surface area contributed by atoms with Crippen LogP contribution in [0.3, 0.4) is 0 Å². The van der Waals surface area contributed by atoms with Gasteiger partial charge in [0.25, 0.3) is 0 Å². The number of nitrogens with two attached hydrogens (primary N) is 2. The largest absolute Gasteiger partial charge is 0.399 e. The fourth-order valence-electron chi connectivity index (χ4n) is 1.40. The number of hydrogen-bond donors (Lipinski definition) is 2. The Bertz CT molecular complexity index is 366. The normalized spacial score (nSPS) is 10.3. The maximum atomic E-state index is 11.2. The first-order valence-electron chi connectivity index (χ1n) is 5.47. The van der Waals surface area contributed by atoms with E-state index in [0.29, 0.717) is 11.3 Å². The number of nitrogen functional groups attached to an aromatic ring is 1. The van der Waals surface area contributed by atoms with E-state index >= 15 is 0 Å². The molecule has 0 saturated carbocycles. The quantitative estimate of drug-likeness (QED) is 0.455. The van der Waals surface area contributed by atoms with Gasteiger partial charge in [0.05, 0.1) is 5.56 Å². The number of thioether (sulfide) groups is 1. The van der Waals surface area contributed by atoms with Crippen LogP contribution in [-0.2, 0) is 0 Å². The minimum absolute atomic E-state index is 0.391. The monoisotopic (exact) mass is 238 g/mol. The van der Waals surface area contributed by atoms with E-state index in [1.165, 1.54) is 12.8 Å². The molecular weight excluding hydrogens is 220 g/mol. The van der Waals surface area contributed by atoms with Gasteiger partial charge in [0.2, 0.25) is 5.91 Å². The summed E-state index contributed by atoms with van der Waals surface area (Å²) in [6.45, 7) is 2.17. The Kier molecular flexibility index (Phi) is 5.19. The maximum absolute atomic E-state index is 11.2. The fraction of sp³-hybridized carbons (Fsp3) is 0.417. The summed E-state index contributed by atoms with van der Waals surface area (Å²) in [5.74, 6) is 0.607. The van der Waals surface area contributed by atoms with Crippen molar-refractivity contribution in [1.82, 2.24) is 0 Å². The summed E-state index contributed by atoms with van der Waals surface area (Å²) in [6.07, 6.45) is 3.55. The molecule has 1 rings (SSSR count). The highest BCUT2D eigenvalue weighted by Gasteiger charge is 2.08. The number of anilines is 1. The lowest BCUT2D eigenvalue weighted by Gasteiger charge is -2.07. The van der Waals surface area contributed by atoms with E-state index in [9.17, 15) is 4.79 Å². The SMILES string of the molecule is CCCCCSc1cc(N)ccc1C(N)=O. The predicted octanol–water partition coefficient (Wildman–Crippen LogP) is 2.65. The van der Waals surface area contributed by atoms with Crippen LogP contribution in [0.5, 0.6) is 0 Å². The molecule has 0 radical (unpaired) electrons. The summed E-state index contributed by atoms with van der Waals surface area (Å²) >= 11 is 1.65. The number of benzene rings is 1. The molecule has 0 aliphatic rings. The van der Waals surface area contributed by atoms with Crippen molar-refractivity contribution in [2.45, 2.75) is 31.1 Å². The smallest absolute Gasteiger partial charge is 0.249 e. The first kappa shape index (κ1) is 12.9. The van der Waals surface area contributed by atoms with Crippen LogP contribution in [0.2, 0.25) is 0 Å². The van der Waals surface area contributed by atoms with E-state index < -0.39 is 5.91 Å². The first-order chi connectivity index (χ1) is 7.65. The average Bonchev–Trinajstić information content (AvgIpc) is 2.24. The molecule has 0 bridgehead atoms. The third kappa shape index (κ3) is 3.77. The molecule has 1 aromatic carbocycles. The second-order valence-electron chi connectivity index (χ2n) is 3.68. The Morgan fingerprint density at radius 2 is 2.12 bits per heavy atom. The van der Waals surface area contributed by atoms with Crippen LogP contribution in [0.15, 0.2) is 23.1 Å². The molecule has 4 N–H and O–H groups in total. The van der Waals surface area contributed by atoms with Crippen molar-refractivity contribution in [2.24, 2.45) is 5.73 Å². The van der Waals surface area contributed by atoms with E-state index in [4.69, 9.17) is 11.5 Å². The van der Waals surface area contributed by atoms with E-state index in [2.05, 4.69) is 6.92 Å². The molecular formula is C12H18N2OS. The van der Waals surface area contributed by atoms with Crippen LogP contribution in [0.25, 0.3) is 0 Å². The summed E-state index contributed by atoms with van der Waals surface area (Å²) in [7, 11) is 0. The Morgan fingerprint density at radius 3 is 2.75 bits per heavy atom. The van der Waals surface area contributed by atoms with Gasteiger partial charge in [-0.1, -0.05) is 19.8 Å². The lowest BCUT2D eigenvalue weighted by atomic mass is 10.2. The molecule has 0 atom stereocenters. The number of primary amides is 1. The van der Waals surface area contributed by atoms with Crippen LogP contribution in [0.1, 0.15) is 36.5 Å². The van der Waals surface area contributed by atoms with Crippen molar-refractivity contribution in [3.8, 4) is 0 Å². The second-order valence-corrected chi connectivity index (χ2v) is 4.81. The summed E-state index contributed by atoms with van der Waals surface area (Å²) in [5, 5.41) is 0. The van der Waals surface area contributed by atoms with Gasteiger partial charge in [0.1, 0.15) is 0 Å². The van der Waals surface area contributed by atoms with E-state index in [1.807, 2.05) is 6.07 Å². The highest BCUT2D eigenvalue weighted by Crippen LogP contribution is 2.26. The molecule has 0 heterocycles. The number of carbonyl (C=O) groups excluding carboxylic acids is 1.